The molecule has 1 aliphatic heterocycles. The summed E-state index contributed by atoms with van der Waals surface area (Å²) in [5.74, 6) is -0.285. The van der Waals surface area contributed by atoms with E-state index in [9.17, 15) is 13.2 Å². The average Bonchev–Trinajstić information content (AvgIpc) is 2.37. The minimum absolute atomic E-state index is 0.0508. The lowest BCUT2D eigenvalue weighted by Crippen LogP contribution is -2.39. The highest BCUT2D eigenvalue weighted by atomic mass is 32.2. The maximum absolute atomic E-state index is 12.2. The van der Waals surface area contributed by atoms with Crippen LogP contribution in [0.3, 0.4) is 0 Å². The van der Waals surface area contributed by atoms with E-state index >= 15 is 0 Å². The van der Waals surface area contributed by atoms with Gasteiger partial charge in [0.1, 0.15) is 5.25 Å². The van der Waals surface area contributed by atoms with Crippen LogP contribution >= 0.6 is 0 Å². The quantitative estimate of drug-likeness (QED) is 0.913. The van der Waals surface area contributed by atoms with Gasteiger partial charge in [0.15, 0.2) is 9.84 Å². The summed E-state index contributed by atoms with van der Waals surface area (Å²) in [6.07, 6.45) is 1.88. The third kappa shape index (κ3) is 3.84. The lowest BCUT2D eigenvalue weighted by molar-refractivity contribution is -0.116. The Morgan fingerprint density at radius 1 is 1.14 bits per heavy atom. The molecule has 1 heterocycles. The van der Waals surface area contributed by atoms with Crippen molar-refractivity contribution in [1.82, 2.24) is 0 Å². The minimum atomic E-state index is -3.29. The first-order chi connectivity index (χ1) is 9.70. The summed E-state index contributed by atoms with van der Waals surface area (Å²) in [5.41, 5.74) is 1.87. The van der Waals surface area contributed by atoms with E-state index < -0.39 is 21.0 Å². The first-order valence-electron chi connectivity index (χ1n) is 7.33. The first-order valence-corrected chi connectivity index (χ1v) is 9.05. The van der Waals surface area contributed by atoms with Gasteiger partial charge in [-0.25, -0.2) is 8.42 Å². The van der Waals surface area contributed by atoms with E-state index in [1.807, 2.05) is 24.3 Å². The van der Waals surface area contributed by atoms with Gasteiger partial charge in [0.2, 0.25) is 5.91 Å². The molecule has 0 saturated carbocycles. The zero-order valence-electron chi connectivity index (χ0n) is 12.8. The van der Waals surface area contributed by atoms with Gasteiger partial charge in [-0.3, -0.25) is 4.79 Å². The van der Waals surface area contributed by atoms with Gasteiger partial charge >= 0.3 is 0 Å². The second-order valence-corrected chi connectivity index (χ2v) is 8.97. The molecule has 0 radical (unpaired) electrons. The highest BCUT2D eigenvalue weighted by molar-refractivity contribution is 7.92. The van der Waals surface area contributed by atoms with Crippen molar-refractivity contribution in [3.8, 4) is 0 Å². The molecule has 21 heavy (non-hydrogen) atoms. The maximum Gasteiger partial charge on any atom is 0.242 e. The summed E-state index contributed by atoms with van der Waals surface area (Å²) in [5, 5.41) is 1.83. The van der Waals surface area contributed by atoms with Crippen molar-refractivity contribution < 1.29 is 13.2 Å². The van der Waals surface area contributed by atoms with Gasteiger partial charge in [0, 0.05) is 5.69 Å². The average molecular weight is 309 g/mol. The van der Waals surface area contributed by atoms with E-state index in [1.54, 1.807) is 0 Å². The van der Waals surface area contributed by atoms with Crippen molar-refractivity contribution in [3.63, 3.8) is 0 Å². The van der Waals surface area contributed by atoms with E-state index in [0.29, 0.717) is 18.5 Å². The number of anilines is 1. The SMILES string of the molecule is CC(C)(C)c1ccc(NC(=O)[C@H]2CCCCS2(=O)=O)cc1. The van der Waals surface area contributed by atoms with E-state index in [1.165, 1.54) is 5.56 Å². The Bertz CT molecular complexity index is 612. The smallest absolute Gasteiger partial charge is 0.242 e. The normalized spacial score (nSPS) is 21.8. The number of nitrogens with one attached hydrogen (secondary N) is 1. The third-order valence-electron chi connectivity index (χ3n) is 3.89. The summed E-state index contributed by atoms with van der Waals surface area (Å²) in [4.78, 5) is 12.2. The largest absolute Gasteiger partial charge is 0.325 e. The number of amides is 1. The van der Waals surface area contributed by atoms with Crippen molar-refractivity contribution in [2.75, 3.05) is 11.1 Å². The van der Waals surface area contributed by atoms with Gasteiger partial charge in [-0.2, -0.15) is 0 Å². The summed E-state index contributed by atoms with van der Waals surface area (Å²) in [6.45, 7) is 6.36. The number of carbonyl (C=O) groups excluding carboxylic acids is 1. The van der Waals surface area contributed by atoms with Gasteiger partial charge in [0.25, 0.3) is 0 Å². The summed E-state index contributed by atoms with van der Waals surface area (Å²) in [6, 6.07) is 7.58. The lowest BCUT2D eigenvalue weighted by atomic mass is 9.87. The number of carbonyl (C=O) groups is 1. The molecule has 1 fully saturated rings. The van der Waals surface area contributed by atoms with Crippen LogP contribution in [0, 0.1) is 0 Å². The molecular formula is C16H23NO3S. The van der Waals surface area contributed by atoms with Gasteiger partial charge in [0.05, 0.1) is 5.75 Å². The molecule has 5 heteroatoms. The molecular weight excluding hydrogens is 286 g/mol. The predicted molar refractivity (Wildman–Crippen MR) is 85.2 cm³/mol. The molecule has 1 aromatic rings. The van der Waals surface area contributed by atoms with Crippen LogP contribution < -0.4 is 5.32 Å². The van der Waals surface area contributed by atoms with Crippen LogP contribution in [-0.2, 0) is 20.0 Å². The van der Waals surface area contributed by atoms with Crippen LogP contribution in [0.4, 0.5) is 5.69 Å². The number of rotatable bonds is 2. The van der Waals surface area contributed by atoms with Crippen molar-refractivity contribution in [1.29, 1.82) is 0 Å². The van der Waals surface area contributed by atoms with E-state index in [0.717, 1.165) is 6.42 Å². The molecule has 4 nitrogen and oxygen atoms in total. The topological polar surface area (TPSA) is 63.2 Å². The predicted octanol–water partition coefficient (Wildman–Crippen LogP) is 2.89. The Hall–Kier alpha value is -1.36. The lowest BCUT2D eigenvalue weighted by Gasteiger charge is -2.22. The van der Waals surface area contributed by atoms with Crippen LogP contribution in [0.25, 0.3) is 0 Å². The van der Waals surface area contributed by atoms with Crippen molar-refractivity contribution in [2.45, 2.75) is 50.7 Å². The number of hydrogen-bond donors (Lipinski definition) is 1. The first kappa shape index (κ1) is 16.0. The van der Waals surface area contributed by atoms with Crippen LogP contribution in [-0.4, -0.2) is 25.3 Å². The fraction of sp³-hybridized carbons (Fsp3) is 0.562. The summed E-state index contributed by atoms with van der Waals surface area (Å²) >= 11 is 0. The molecule has 0 aliphatic carbocycles. The highest BCUT2D eigenvalue weighted by Gasteiger charge is 2.34. The molecule has 2 rings (SSSR count). The molecule has 0 unspecified atom stereocenters. The molecule has 1 aliphatic rings. The van der Waals surface area contributed by atoms with Crippen LogP contribution in [0.15, 0.2) is 24.3 Å². The van der Waals surface area contributed by atoms with Gasteiger partial charge in [-0.15, -0.1) is 0 Å². The maximum atomic E-state index is 12.2. The molecule has 116 valence electrons. The van der Waals surface area contributed by atoms with Crippen molar-refractivity contribution in [2.24, 2.45) is 0 Å². The van der Waals surface area contributed by atoms with E-state index in [-0.39, 0.29) is 11.2 Å². The van der Waals surface area contributed by atoms with Crippen LogP contribution in [0.2, 0.25) is 0 Å². The standard InChI is InChI=1S/C16H23NO3S/c1-16(2,3)12-7-9-13(10-8-12)17-15(18)14-6-4-5-11-21(14,19)20/h7-10,14H,4-6,11H2,1-3H3,(H,17,18)/t14-/m1/s1. The number of benzene rings is 1. The Balaban J connectivity index is 2.09. The van der Waals surface area contributed by atoms with Crippen molar-refractivity contribution >= 4 is 21.4 Å². The Morgan fingerprint density at radius 2 is 1.76 bits per heavy atom. The Morgan fingerprint density at radius 3 is 2.29 bits per heavy atom. The molecule has 0 spiro atoms. The van der Waals surface area contributed by atoms with Gasteiger partial charge in [-0.05, 0) is 36.0 Å². The molecule has 1 amide bonds. The molecule has 1 N–H and O–H groups in total. The molecule has 0 bridgehead atoms. The minimum Gasteiger partial charge on any atom is -0.325 e. The zero-order valence-corrected chi connectivity index (χ0v) is 13.7. The van der Waals surface area contributed by atoms with Crippen LogP contribution in [0.1, 0.15) is 45.6 Å². The molecule has 1 aromatic carbocycles. The van der Waals surface area contributed by atoms with Gasteiger partial charge < -0.3 is 5.32 Å². The second-order valence-electron chi connectivity index (χ2n) is 6.67. The Labute approximate surface area is 126 Å². The fourth-order valence-corrected chi connectivity index (χ4v) is 4.33. The fourth-order valence-electron chi connectivity index (χ4n) is 2.53. The highest BCUT2D eigenvalue weighted by Crippen LogP contribution is 2.25. The zero-order chi connectivity index (χ0) is 15.7. The molecule has 1 saturated heterocycles. The number of sulfone groups is 1. The third-order valence-corrected chi connectivity index (χ3v) is 6.06. The summed E-state index contributed by atoms with van der Waals surface area (Å²) in [7, 11) is -3.29. The van der Waals surface area contributed by atoms with E-state index in [2.05, 4.69) is 26.1 Å². The monoisotopic (exact) mass is 309 g/mol. The van der Waals surface area contributed by atoms with E-state index in [4.69, 9.17) is 0 Å². The van der Waals surface area contributed by atoms with Crippen LogP contribution in [0.5, 0.6) is 0 Å². The van der Waals surface area contributed by atoms with Gasteiger partial charge in [-0.1, -0.05) is 39.3 Å². The second kappa shape index (κ2) is 5.79. The molecule has 1 atom stereocenters. The molecule has 0 aromatic heterocycles. The van der Waals surface area contributed by atoms with Crippen molar-refractivity contribution in [3.05, 3.63) is 29.8 Å². The number of hydrogen-bond acceptors (Lipinski definition) is 3. The summed E-state index contributed by atoms with van der Waals surface area (Å²) < 4.78 is 23.9. The Kier molecular flexibility index (Phi) is 4.42.